The molecule has 3 aromatic rings. The zero-order valence-corrected chi connectivity index (χ0v) is 13.6. The molecule has 0 aromatic carbocycles. The first-order valence-electron chi connectivity index (χ1n) is 6.65. The molecule has 3 rings (SSSR count). The predicted octanol–water partition coefficient (Wildman–Crippen LogP) is 2.36. The number of anilines is 1. The Morgan fingerprint density at radius 3 is 2.86 bits per heavy atom. The fraction of sp³-hybridized carbons (Fsp3) is 0.417. The Hall–Kier alpha value is -1.74. The van der Waals surface area contributed by atoms with Crippen molar-refractivity contribution in [2.24, 2.45) is 7.05 Å². The van der Waals surface area contributed by atoms with E-state index in [4.69, 9.17) is 0 Å². The van der Waals surface area contributed by atoms with Crippen LogP contribution in [0.4, 0.5) is 5.95 Å². The first-order valence-corrected chi connectivity index (χ1v) is 8.29. The molecule has 0 unspecified atom stereocenters. The van der Waals surface area contributed by atoms with Crippen LogP contribution in [0.5, 0.6) is 0 Å². The molecule has 0 amide bonds. The molecule has 110 valence electrons. The van der Waals surface area contributed by atoms with Crippen LogP contribution < -0.4 is 5.32 Å². The van der Waals surface area contributed by atoms with Gasteiger partial charge in [-0.15, -0.1) is 16.4 Å². The van der Waals surface area contributed by atoms with Gasteiger partial charge in [0.1, 0.15) is 9.86 Å². The third kappa shape index (κ3) is 2.84. The molecule has 1 N–H and O–H groups in total. The summed E-state index contributed by atoms with van der Waals surface area (Å²) in [5, 5.41) is 17.3. The standard InChI is InChI=1S/C12H15N7S2/c1-4-7-6-8-9(20-7)14-11(13-5-2)15-10(8)21-12-16-17-18-19(12)3/h6H,4-5H2,1-3H3,(H,13,14,15). The zero-order chi connectivity index (χ0) is 14.8. The molecule has 0 aliphatic heterocycles. The average Bonchev–Trinajstić information content (AvgIpc) is 3.06. The number of hydrogen-bond acceptors (Lipinski definition) is 8. The SMILES string of the molecule is CCNc1nc(Sc2nnnn2C)c2cc(CC)sc2n1. The van der Waals surface area contributed by atoms with Gasteiger partial charge in [0.25, 0.3) is 0 Å². The number of tetrazole rings is 1. The van der Waals surface area contributed by atoms with E-state index < -0.39 is 0 Å². The van der Waals surface area contributed by atoms with E-state index in [-0.39, 0.29) is 0 Å². The van der Waals surface area contributed by atoms with E-state index in [0.717, 1.165) is 28.2 Å². The number of fused-ring (bicyclic) bond motifs is 1. The quantitative estimate of drug-likeness (QED) is 0.722. The van der Waals surface area contributed by atoms with Crippen molar-refractivity contribution in [2.75, 3.05) is 11.9 Å². The molecule has 0 spiro atoms. The van der Waals surface area contributed by atoms with Crippen LogP contribution in [-0.4, -0.2) is 36.7 Å². The third-order valence-electron chi connectivity index (χ3n) is 2.86. The van der Waals surface area contributed by atoms with Crippen LogP contribution in [-0.2, 0) is 13.5 Å². The Labute approximate surface area is 130 Å². The monoisotopic (exact) mass is 321 g/mol. The summed E-state index contributed by atoms with van der Waals surface area (Å²) in [7, 11) is 1.82. The Morgan fingerprint density at radius 1 is 1.33 bits per heavy atom. The summed E-state index contributed by atoms with van der Waals surface area (Å²) >= 11 is 3.16. The number of hydrogen-bond donors (Lipinski definition) is 1. The molecule has 0 fully saturated rings. The van der Waals surface area contributed by atoms with E-state index in [9.17, 15) is 0 Å². The molecule has 0 atom stereocenters. The minimum absolute atomic E-state index is 0.645. The highest BCUT2D eigenvalue weighted by atomic mass is 32.2. The highest BCUT2D eigenvalue weighted by Gasteiger charge is 2.15. The van der Waals surface area contributed by atoms with Crippen LogP contribution in [0.25, 0.3) is 10.2 Å². The summed E-state index contributed by atoms with van der Waals surface area (Å²) in [6, 6.07) is 2.15. The Balaban J connectivity index is 2.09. The van der Waals surface area contributed by atoms with Crippen molar-refractivity contribution in [3.8, 4) is 0 Å². The van der Waals surface area contributed by atoms with Gasteiger partial charge in [0.15, 0.2) is 0 Å². The van der Waals surface area contributed by atoms with Crippen molar-refractivity contribution in [1.82, 2.24) is 30.2 Å². The zero-order valence-electron chi connectivity index (χ0n) is 12.0. The fourth-order valence-corrected chi connectivity index (χ4v) is 3.68. The van der Waals surface area contributed by atoms with Crippen LogP contribution in [0, 0.1) is 0 Å². The van der Waals surface area contributed by atoms with Gasteiger partial charge in [-0.25, -0.2) is 14.6 Å². The van der Waals surface area contributed by atoms with Crippen LogP contribution in [0.15, 0.2) is 16.2 Å². The molecule has 0 saturated carbocycles. The molecule has 9 heteroatoms. The van der Waals surface area contributed by atoms with E-state index in [0.29, 0.717) is 11.1 Å². The van der Waals surface area contributed by atoms with Crippen LogP contribution in [0.2, 0.25) is 0 Å². The number of aryl methyl sites for hydroxylation is 2. The average molecular weight is 321 g/mol. The highest BCUT2D eigenvalue weighted by molar-refractivity contribution is 7.99. The summed E-state index contributed by atoms with van der Waals surface area (Å²) in [4.78, 5) is 11.5. The van der Waals surface area contributed by atoms with Crippen molar-refractivity contribution < 1.29 is 0 Å². The normalized spacial score (nSPS) is 11.2. The van der Waals surface area contributed by atoms with Gasteiger partial charge in [-0.1, -0.05) is 6.92 Å². The van der Waals surface area contributed by atoms with E-state index in [1.54, 1.807) is 16.0 Å². The third-order valence-corrected chi connectivity index (χ3v) is 5.07. The van der Waals surface area contributed by atoms with E-state index in [2.05, 4.69) is 43.8 Å². The van der Waals surface area contributed by atoms with Crippen LogP contribution >= 0.6 is 23.1 Å². The summed E-state index contributed by atoms with van der Waals surface area (Å²) in [6.45, 7) is 4.95. The Morgan fingerprint density at radius 2 is 2.19 bits per heavy atom. The smallest absolute Gasteiger partial charge is 0.225 e. The van der Waals surface area contributed by atoms with E-state index in [1.807, 2.05) is 14.0 Å². The number of nitrogens with one attached hydrogen (secondary N) is 1. The van der Waals surface area contributed by atoms with Crippen molar-refractivity contribution in [1.29, 1.82) is 0 Å². The second-order valence-electron chi connectivity index (χ2n) is 4.35. The minimum atomic E-state index is 0.645. The van der Waals surface area contributed by atoms with Crippen LogP contribution in [0.3, 0.4) is 0 Å². The Bertz CT molecular complexity index is 764. The second kappa shape index (κ2) is 5.94. The fourth-order valence-electron chi connectivity index (χ4n) is 1.83. The summed E-state index contributed by atoms with van der Waals surface area (Å²) in [5.41, 5.74) is 0. The van der Waals surface area contributed by atoms with Gasteiger partial charge in [-0.05, 0) is 41.6 Å². The maximum Gasteiger partial charge on any atom is 0.225 e. The molecule has 0 radical (unpaired) electrons. The molecule has 0 saturated heterocycles. The van der Waals surface area contributed by atoms with Crippen LogP contribution in [0.1, 0.15) is 18.7 Å². The lowest BCUT2D eigenvalue weighted by Crippen LogP contribution is -2.02. The summed E-state index contributed by atoms with van der Waals surface area (Å²) in [6.07, 6.45) is 0.993. The van der Waals surface area contributed by atoms with Crippen molar-refractivity contribution in [2.45, 2.75) is 30.5 Å². The second-order valence-corrected chi connectivity index (χ2v) is 6.43. The lowest BCUT2D eigenvalue weighted by Gasteiger charge is -2.05. The topological polar surface area (TPSA) is 81.4 Å². The number of aromatic nitrogens is 6. The van der Waals surface area contributed by atoms with Crippen molar-refractivity contribution >= 4 is 39.3 Å². The molecule has 0 aliphatic carbocycles. The predicted molar refractivity (Wildman–Crippen MR) is 83.9 cm³/mol. The molecular formula is C12H15N7S2. The van der Waals surface area contributed by atoms with Gasteiger partial charge in [-0.3, -0.25) is 0 Å². The van der Waals surface area contributed by atoms with Gasteiger partial charge >= 0.3 is 0 Å². The highest BCUT2D eigenvalue weighted by Crippen LogP contribution is 2.35. The minimum Gasteiger partial charge on any atom is -0.354 e. The lowest BCUT2D eigenvalue weighted by molar-refractivity contribution is 0.664. The molecule has 3 heterocycles. The van der Waals surface area contributed by atoms with Crippen molar-refractivity contribution in [3.05, 3.63) is 10.9 Å². The van der Waals surface area contributed by atoms with E-state index >= 15 is 0 Å². The summed E-state index contributed by atoms with van der Waals surface area (Å²) in [5.74, 6) is 0.645. The van der Waals surface area contributed by atoms with E-state index in [1.165, 1.54) is 16.6 Å². The molecule has 7 nitrogen and oxygen atoms in total. The molecule has 3 aromatic heterocycles. The van der Waals surface area contributed by atoms with Gasteiger partial charge in [-0.2, -0.15) is 0 Å². The molecular weight excluding hydrogens is 306 g/mol. The summed E-state index contributed by atoms with van der Waals surface area (Å²) < 4.78 is 1.64. The largest absolute Gasteiger partial charge is 0.354 e. The van der Waals surface area contributed by atoms with Gasteiger partial charge in [0.2, 0.25) is 11.1 Å². The number of thiophene rings is 1. The van der Waals surface area contributed by atoms with Gasteiger partial charge in [0, 0.05) is 23.9 Å². The number of nitrogens with zero attached hydrogens (tertiary/aromatic N) is 6. The lowest BCUT2D eigenvalue weighted by atomic mass is 10.3. The maximum atomic E-state index is 4.59. The number of rotatable bonds is 5. The molecule has 0 bridgehead atoms. The van der Waals surface area contributed by atoms with Crippen molar-refractivity contribution in [3.63, 3.8) is 0 Å². The Kier molecular flexibility index (Phi) is 4.02. The van der Waals surface area contributed by atoms with Gasteiger partial charge < -0.3 is 5.32 Å². The maximum absolute atomic E-state index is 4.59. The molecule has 0 aliphatic rings. The molecule has 21 heavy (non-hydrogen) atoms. The first kappa shape index (κ1) is 14.2. The first-order chi connectivity index (χ1) is 10.2. The van der Waals surface area contributed by atoms with Gasteiger partial charge in [0.05, 0.1) is 0 Å².